The number of nitro groups is 1. The van der Waals surface area contributed by atoms with Gasteiger partial charge in [0.05, 0.1) is 0 Å². The summed E-state index contributed by atoms with van der Waals surface area (Å²) in [6.45, 7) is -0.556. The fourth-order valence-electron chi connectivity index (χ4n) is 0.112. The number of hydrogen-bond acceptors (Lipinski definition) is 3. The summed E-state index contributed by atoms with van der Waals surface area (Å²) in [5.74, 6) is 0. The van der Waals surface area contributed by atoms with E-state index >= 15 is 0 Å². The van der Waals surface area contributed by atoms with Gasteiger partial charge < -0.3 is 0 Å². The van der Waals surface area contributed by atoms with Gasteiger partial charge in [0.2, 0.25) is 0 Å². The predicted molar refractivity (Wildman–Crippen MR) is 17.9 cm³/mol. The Labute approximate surface area is 48.5 Å². The van der Waals surface area contributed by atoms with Crippen molar-refractivity contribution in [3.05, 3.63) is 10.1 Å². The summed E-state index contributed by atoms with van der Waals surface area (Å²) in [6, 6.07) is 0. The summed E-state index contributed by atoms with van der Waals surface area (Å²) in [5.41, 5.74) is 0. The molecule has 1 unspecified atom stereocenters. The minimum atomic E-state index is -1.26. The fourth-order valence-corrected chi connectivity index (χ4v) is 0.252. The molecule has 0 heterocycles. The third-order valence-electron chi connectivity index (χ3n) is 0.286. The van der Waals surface area contributed by atoms with Crippen molar-refractivity contribution in [2.75, 3.05) is 6.54 Å². The van der Waals surface area contributed by atoms with E-state index in [1.54, 1.807) is 0 Å². The van der Waals surface area contributed by atoms with E-state index in [0.717, 1.165) is 0 Å². The van der Waals surface area contributed by atoms with Gasteiger partial charge in [-0.15, -0.1) is 0 Å². The van der Waals surface area contributed by atoms with Crippen molar-refractivity contribution >= 4 is 0 Å². The molecule has 0 aromatic rings. The van der Waals surface area contributed by atoms with Gasteiger partial charge in [0, 0.05) is 0 Å². The second-order valence-corrected chi connectivity index (χ2v) is 1.53. The van der Waals surface area contributed by atoms with E-state index in [9.17, 15) is 10.1 Å². The topological polar surface area (TPSA) is 63.4 Å². The zero-order chi connectivity index (χ0) is 5.86. The van der Waals surface area contributed by atoms with Gasteiger partial charge in [-0.3, -0.25) is 0 Å². The molecule has 0 saturated heterocycles. The van der Waals surface area contributed by atoms with Gasteiger partial charge in [0.1, 0.15) is 0 Å². The van der Waals surface area contributed by atoms with Crippen molar-refractivity contribution in [1.82, 2.24) is 0 Å². The van der Waals surface area contributed by atoms with Gasteiger partial charge in [0.25, 0.3) is 0 Å². The van der Waals surface area contributed by atoms with Crippen molar-refractivity contribution in [2.45, 2.75) is 5.00 Å². The molecule has 1 atom stereocenters. The first-order valence-corrected chi connectivity index (χ1v) is 2.07. The minimum absolute atomic E-state index is 0.556. The molecule has 0 fully saturated rings. The first-order chi connectivity index (χ1) is 3.13. The van der Waals surface area contributed by atoms with Crippen LogP contribution in [-0.4, -0.2) is 21.6 Å². The number of nitrogens with zero attached hydrogens (tertiary/aromatic N) is 1. The van der Waals surface area contributed by atoms with Gasteiger partial charge in [-0.05, 0) is 0 Å². The third kappa shape index (κ3) is 5.88. The molecule has 5 heteroatoms. The molecule has 0 saturated carbocycles. The van der Waals surface area contributed by atoms with Crippen LogP contribution in [0.15, 0.2) is 0 Å². The van der Waals surface area contributed by atoms with Crippen LogP contribution in [0, 0.1) is 10.1 Å². The first kappa shape index (κ1) is 6.88. The van der Waals surface area contributed by atoms with Gasteiger partial charge in [0.15, 0.2) is 0 Å². The number of hydrogen-bond donors (Lipinski definition) is 1. The average molecular weight is 154 g/mol. The quantitative estimate of drug-likeness (QED) is 0.319. The van der Waals surface area contributed by atoms with Crippen LogP contribution in [0.3, 0.4) is 0 Å². The molecule has 0 aromatic heterocycles. The van der Waals surface area contributed by atoms with E-state index in [0.29, 0.717) is 0 Å². The molecule has 4 nitrogen and oxygen atoms in total. The molecule has 0 radical (unpaired) electrons. The monoisotopic (exact) mass is 153 g/mol. The number of aliphatic hydroxyl groups is 1. The van der Waals surface area contributed by atoms with E-state index in [1.165, 1.54) is 0 Å². The summed E-state index contributed by atoms with van der Waals surface area (Å²) in [7, 11) is 0. The summed E-state index contributed by atoms with van der Waals surface area (Å²) in [6.07, 6.45) is 0. The molecule has 0 aromatic carbocycles. The summed E-state index contributed by atoms with van der Waals surface area (Å²) < 4.78 is 0. The van der Waals surface area contributed by atoms with Crippen molar-refractivity contribution in [2.24, 2.45) is 0 Å². The summed E-state index contributed by atoms with van der Waals surface area (Å²) in [5, 5.41) is 16.2. The van der Waals surface area contributed by atoms with E-state index in [1.807, 2.05) is 0 Å². The molecular weight excluding hydrogens is 150 g/mol. The standard InChI is InChI=1S/C2H4NO3.Cu/c4-2-1-3(5)6;/h2,4H,1H2;. The Balaban J connectivity index is 3.13. The SMILES string of the molecule is O=[N+]([O-])C[CH](O)[Cu]. The Morgan fingerprint density at radius 2 is 2.43 bits per heavy atom. The van der Waals surface area contributed by atoms with Gasteiger partial charge in [-0.1, -0.05) is 0 Å². The molecular formula is C2H4CuNO3. The molecule has 0 rings (SSSR count). The Morgan fingerprint density at radius 1 is 2.00 bits per heavy atom. The normalized spacial score (nSPS) is 13.6. The van der Waals surface area contributed by atoms with Crippen molar-refractivity contribution in [1.29, 1.82) is 0 Å². The molecule has 0 aliphatic carbocycles. The Bertz CT molecular complexity index is 73.3. The van der Waals surface area contributed by atoms with Crippen LogP contribution in [0.4, 0.5) is 0 Å². The molecule has 0 spiro atoms. The van der Waals surface area contributed by atoms with Gasteiger partial charge in [-0.2, -0.15) is 0 Å². The van der Waals surface area contributed by atoms with Crippen molar-refractivity contribution in [3.63, 3.8) is 0 Å². The van der Waals surface area contributed by atoms with Crippen LogP contribution >= 0.6 is 0 Å². The average Bonchev–Trinajstić information content (AvgIpc) is 1.27. The maximum absolute atomic E-state index is 9.39. The van der Waals surface area contributed by atoms with Crippen LogP contribution < -0.4 is 0 Å². The second kappa shape index (κ2) is 2.96. The molecule has 7 heavy (non-hydrogen) atoms. The Kier molecular flexibility index (Phi) is 2.91. The molecule has 0 bridgehead atoms. The first-order valence-electron chi connectivity index (χ1n) is 1.52. The van der Waals surface area contributed by atoms with Crippen LogP contribution in [0.2, 0.25) is 0 Å². The van der Waals surface area contributed by atoms with E-state index in [2.05, 4.69) is 16.0 Å². The van der Waals surface area contributed by atoms with Gasteiger partial charge >= 0.3 is 47.7 Å². The number of rotatable bonds is 2. The zero-order valence-corrected chi connectivity index (χ0v) is 4.24. The third-order valence-corrected chi connectivity index (χ3v) is 0.458. The van der Waals surface area contributed by atoms with Crippen LogP contribution in [0.25, 0.3) is 0 Å². The molecule has 0 aliphatic rings. The second-order valence-electron chi connectivity index (χ2n) is 0.899. The van der Waals surface area contributed by atoms with E-state index in [4.69, 9.17) is 5.11 Å². The van der Waals surface area contributed by atoms with Crippen LogP contribution in [-0.2, 0) is 16.0 Å². The summed E-state index contributed by atoms with van der Waals surface area (Å²) >= 11 is 4.20. The predicted octanol–water partition coefficient (Wildman–Crippen LogP) is -0.872. The maximum atomic E-state index is 9.39. The van der Waals surface area contributed by atoms with Crippen LogP contribution in [0.5, 0.6) is 0 Å². The molecule has 0 aliphatic heterocycles. The van der Waals surface area contributed by atoms with Crippen LogP contribution in [0.1, 0.15) is 0 Å². The van der Waals surface area contributed by atoms with Gasteiger partial charge in [-0.25, -0.2) is 0 Å². The molecule has 0 amide bonds. The Hall–Kier alpha value is -0.121. The van der Waals surface area contributed by atoms with E-state index in [-0.39, 0.29) is 0 Å². The molecule has 1 N–H and O–H groups in total. The number of aliphatic hydroxyl groups excluding tert-OH is 1. The Morgan fingerprint density at radius 3 is 2.43 bits per heavy atom. The van der Waals surface area contributed by atoms with E-state index < -0.39 is 16.5 Å². The van der Waals surface area contributed by atoms with Crippen molar-refractivity contribution in [3.8, 4) is 0 Å². The molecule has 46 valence electrons. The fraction of sp³-hybridized carbons (Fsp3) is 1.00. The zero-order valence-electron chi connectivity index (χ0n) is 3.30. The summed E-state index contributed by atoms with van der Waals surface area (Å²) in [4.78, 5) is 8.72. The van der Waals surface area contributed by atoms with Crippen molar-refractivity contribution < 1.29 is 26.0 Å².